The highest BCUT2D eigenvalue weighted by molar-refractivity contribution is 7.47. The summed E-state index contributed by atoms with van der Waals surface area (Å²) in [5.74, 6) is -1.14. The number of rotatable bonds is 39. The molecule has 0 aromatic carbocycles. The molecule has 0 spiro atoms. The summed E-state index contributed by atoms with van der Waals surface area (Å²) < 4.78 is 33.5. The van der Waals surface area contributed by atoms with E-state index in [4.69, 9.17) is 18.5 Å². The Morgan fingerprint density at radius 2 is 0.885 bits per heavy atom. The molecule has 13 nitrogen and oxygen atoms in total. The Balaban J connectivity index is 2.47. The highest BCUT2D eigenvalue weighted by Crippen LogP contribution is 2.47. The first-order valence-corrected chi connectivity index (χ1v) is 25.3. The second-order valence-electron chi connectivity index (χ2n) is 16.6. The van der Waals surface area contributed by atoms with Crippen molar-refractivity contribution in [2.75, 3.05) is 13.2 Å². The first kappa shape index (κ1) is 57.1. The lowest BCUT2D eigenvalue weighted by Gasteiger charge is -2.41. The third kappa shape index (κ3) is 30.0. The fraction of sp³-hybridized carbons (Fsp3) is 0.830. The standard InChI is InChI=1S/C47H85O13P/c1-3-5-7-9-11-13-15-17-19-20-22-24-26-28-30-32-34-36-41(49)59-39(38-58-61(55,56)60-47-45(53)43(51)42(50)44(52)46(47)54)37-57-40(48)35-33-31-29-27-25-23-21-18-16-14-12-10-8-6-4-2/h17-19,21,25,27,39,42-47,50-54H,3-16,20,22-24,26,28-38H2,1-2H3,(H,55,56)/b19-17+,21-18+,27-25+/t39-,42?,43+,44?,45?,46?,47?/m1/s1. The Morgan fingerprint density at radius 1 is 0.508 bits per heavy atom. The predicted molar refractivity (Wildman–Crippen MR) is 240 cm³/mol. The Labute approximate surface area is 368 Å². The molecular weight excluding hydrogens is 803 g/mol. The summed E-state index contributed by atoms with van der Waals surface area (Å²) >= 11 is 0. The minimum atomic E-state index is -5.13. The number of hydrogen-bond acceptors (Lipinski definition) is 12. The van der Waals surface area contributed by atoms with Gasteiger partial charge in [0, 0.05) is 12.8 Å². The van der Waals surface area contributed by atoms with Gasteiger partial charge in [-0.05, 0) is 70.6 Å². The average molecular weight is 889 g/mol. The lowest BCUT2D eigenvalue weighted by molar-refractivity contribution is -0.220. The number of ether oxygens (including phenoxy) is 2. The van der Waals surface area contributed by atoms with Crippen LogP contribution in [0.5, 0.6) is 0 Å². The van der Waals surface area contributed by atoms with Crippen LogP contribution in [-0.4, -0.2) is 98.3 Å². The third-order valence-corrected chi connectivity index (χ3v) is 11.9. The summed E-state index contributed by atoms with van der Waals surface area (Å²) in [7, 11) is -5.13. The molecule has 6 unspecified atom stereocenters. The minimum absolute atomic E-state index is 0.0854. The van der Waals surface area contributed by atoms with E-state index in [1.807, 2.05) is 0 Å². The van der Waals surface area contributed by atoms with Crippen molar-refractivity contribution in [1.82, 2.24) is 0 Å². The van der Waals surface area contributed by atoms with Gasteiger partial charge in [-0.1, -0.05) is 147 Å². The average Bonchev–Trinajstić information content (AvgIpc) is 3.24. The Bertz CT molecular complexity index is 1210. The van der Waals surface area contributed by atoms with E-state index in [1.54, 1.807) is 0 Å². The van der Waals surface area contributed by atoms with Crippen LogP contribution in [0, 0.1) is 0 Å². The number of esters is 2. The molecule has 1 aliphatic rings. The zero-order valence-corrected chi connectivity index (χ0v) is 38.6. The van der Waals surface area contributed by atoms with E-state index in [2.05, 4.69) is 50.3 Å². The largest absolute Gasteiger partial charge is 0.472 e. The van der Waals surface area contributed by atoms with Crippen molar-refractivity contribution in [3.05, 3.63) is 36.5 Å². The van der Waals surface area contributed by atoms with Crippen molar-refractivity contribution < 1.29 is 63.1 Å². The summed E-state index contributed by atoms with van der Waals surface area (Å²) in [6, 6.07) is 0. The van der Waals surface area contributed by atoms with Gasteiger partial charge in [0.1, 0.15) is 43.2 Å². The molecule has 8 atom stereocenters. The monoisotopic (exact) mass is 889 g/mol. The maximum Gasteiger partial charge on any atom is 0.472 e. The van der Waals surface area contributed by atoms with Gasteiger partial charge >= 0.3 is 19.8 Å². The number of allylic oxidation sites excluding steroid dienone is 6. The molecule has 1 fully saturated rings. The van der Waals surface area contributed by atoms with Crippen LogP contribution in [0.2, 0.25) is 0 Å². The molecule has 356 valence electrons. The van der Waals surface area contributed by atoms with Crippen LogP contribution >= 0.6 is 7.82 Å². The Kier molecular flexibility index (Phi) is 35.0. The van der Waals surface area contributed by atoms with Gasteiger partial charge in [0.25, 0.3) is 0 Å². The van der Waals surface area contributed by atoms with Crippen LogP contribution in [0.4, 0.5) is 0 Å². The number of hydrogen-bond donors (Lipinski definition) is 6. The topological polar surface area (TPSA) is 210 Å². The van der Waals surface area contributed by atoms with Gasteiger partial charge in [-0.25, -0.2) is 4.57 Å². The first-order chi connectivity index (χ1) is 29.4. The molecular formula is C47H85O13P. The highest BCUT2D eigenvalue weighted by Gasteiger charge is 2.51. The Hall–Kier alpha value is -1.93. The molecule has 0 radical (unpaired) electrons. The predicted octanol–water partition coefficient (Wildman–Crippen LogP) is 9.39. The normalized spacial score (nSPS) is 22.3. The number of phosphoric acid groups is 1. The fourth-order valence-electron chi connectivity index (χ4n) is 7.08. The van der Waals surface area contributed by atoms with Gasteiger partial charge in [-0.3, -0.25) is 18.6 Å². The fourth-order valence-corrected chi connectivity index (χ4v) is 8.05. The van der Waals surface area contributed by atoms with Crippen molar-refractivity contribution >= 4 is 19.8 Å². The van der Waals surface area contributed by atoms with Crippen LogP contribution < -0.4 is 0 Å². The van der Waals surface area contributed by atoms with Gasteiger partial charge in [0.15, 0.2) is 6.10 Å². The smallest absolute Gasteiger partial charge is 0.462 e. The van der Waals surface area contributed by atoms with Crippen molar-refractivity contribution in [2.45, 2.75) is 236 Å². The SMILES string of the molecule is CCCCCCCC/C=C/C/C=C/CCCCC(=O)OC[C@H](COP(=O)(O)OC1C(O)C(O)C(O)[C@H](O)C1O)OC(=O)CCCCCCCCC/C=C/CCCCCCCC. The van der Waals surface area contributed by atoms with E-state index in [0.29, 0.717) is 12.8 Å². The molecule has 0 aromatic heterocycles. The second-order valence-corrected chi connectivity index (χ2v) is 18.0. The molecule has 1 saturated carbocycles. The zero-order chi connectivity index (χ0) is 45.0. The number of unbranched alkanes of at least 4 members (excludes halogenated alkanes) is 21. The van der Waals surface area contributed by atoms with E-state index in [9.17, 15) is 44.6 Å². The summed E-state index contributed by atoms with van der Waals surface area (Å²) in [4.78, 5) is 35.7. The molecule has 6 N–H and O–H groups in total. The molecule has 0 aliphatic heterocycles. The summed E-state index contributed by atoms with van der Waals surface area (Å²) in [5, 5.41) is 50.2. The van der Waals surface area contributed by atoms with Gasteiger partial charge < -0.3 is 39.9 Å². The van der Waals surface area contributed by atoms with Crippen LogP contribution in [-0.2, 0) is 32.7 Å². The van der Waals surface area contributed by atoms with E-state index >= 15 is 0 Å². The summed E-state index contributed by atoms with van der Waals surface area (Å²) in [6.45, 7) is 3.26. The maximum atomic E-state index is 12.8. The molecule has 1 aliphatic carbocycles. The molecule has 14 heteroatoms. The molecule has 0 amide bonds. The van der Waals surface area contributed by atoms with Crippen LogP contribution in [0.1, 0.15) is 194 Å². The maximum absolute atomic E-state index is 12.8. The van der Waals surface area contributed by atoms with E-state index in [0.717, 1.165) is 64.2 Å². The third-order valence-electron chi connectivity index (χ3n) is 11.0. The Morgan fingerprint density at radius 3 is 1.38 bits per heavy atom. The molecule has 0 heterocycles. The van der Waals surface area contributed by atoms with E-state index < -0.39 is 75.7 Å². The van der Waals surface area contributed by atoms with Crippen LogP contribution in [0.3, 0.4) is 0 Å². The van der Waals surface area contributed by atoms with E-state index in [1.165, 1.54) is 89.9 Å². The molecule has 0 aromatic rings. The number of aliphatic hydroxyl groups is 5. The van der Waals surface area contributed by atoms with Crippen LogP contribution in [0.25, 0.3) is 0 Å². The van der Waals surface area contributed by atoms with Gasteiger partial charge in [0.05, 0.1) is 6.61 Å². The van der Waals surface area contributed by atoms with Crippen molar-refractivity contribution in [3.8, 4) is 0 Å². The summed E-state index contributed by atoms with van der Waals surface area (Å²) in [6.07, 6.45) is 29.1. The number of aliphatic hydroxyl groups excluding tert-OH is 5. The van der Waals surface area contributed by atoms with Crippen molar-refractivity contribution in [3.63, 3.8) is 0 Å². The highest BCUT2D eigenvalue weighted by atomic mass is 31.2. The zero-order valence-electron chi connectivity index (χ0n) is 37.7. The number of carbonyl (C=O) groups excluding carboxylic acids is 2. The van der Waals surface area contributed by atoms with Gasteiger partial charge in [-0.15, -0.1) is 0 Å². The van der Waals surface area contributed by atoms with Crippen LogP contribution in [0.15, 0.2) is 36.5 Å². The number of phosphoric ester groups is 1. The second kappa shape index (κ2) is 37.4. The minimum Gasteiger partial charge on any atom is -0.462 e. The lowest BCUT2D eigenvalue weighted by atomic mass is 9.85. The quantitative estimate of drug-likeness (QED) is 0.0147. The summed E-state index contributed by atoms with van der Waals surface area (Å²) in [5.41, 5.74) is 0. The molecule has 0 bridgehead atoms. The number of carbonyl (C=O) groups is 2. The lowest BCUT2D eigenvalue weighted by Crippen LogP contribution is -2.64. The van der Waals surface area contributed by atoms with E-state index in [-0.39, 0.29) is 12.8 Å². The first-order valence-electron chi connectivity index (χ1n) is 23.8. The molecule has 0 saturated heterocycles. The van der Waals surface area contributed by atoms with Gasteiger partial charge in [0.2, 0.25) is 0 Å². The molecule has 1 rings (SSSR count). The van der Waals surface area contributed by atoms with Crippen molar-refractivity contribution in [2.24, 2.45) is 0 Å². The van der Waals surface area contributed by atoms with Gasteiger partial charge in [-0.2, -0.15) is 0 Å². The molecule has 61 heavy (non-hydrogen) atoms. The van der Waals surface area contributed by atoms with Crippen molar-refractivity contribution in [1.29, 1.82) is 0 Å².